The maximum absolute atomic E-state index is 13.0. The first kappa shape index (κ1) is 11.5. The van der Waals surface area contributed by atoms with Crippen molar-refractivity contribution in [2.24, 2.45) is 0 Å². The van der Waals surface area contributed by atoms with Crippen molar-refractivity contribution in [1.29, 1.82) is 0 Å². The minimum Gasteiger partial charge on any atom is -0.232 e. The van der Waals surface area contributed by atoms with E-state index in [-0.39, 0.29) is 16.4 Å². The molecule has 6 heteroatoms. The van der Waals surface area contributed by atoms with Gasteiger partial charge in [0.2, 0.25) is 0 Å². The fourth-order valence-corrected chi connectivity index (χ4v) is 2.36. The van der Waals surface area contributed by atoms with Crippen LogP contribution >= 0.6 is 11.8 Å². The van der Waals surface area contributed by atoms with Crippen LogP contribution in [0.4, 0.5) is 8.78 Å². The van der Waals surface area contributed by atoms with Crippen molar-refractivity contribution < 1.29 is 17.2 Å². The van der Waals surface area contributed by atoms with Crippen LogP contribution in [-0.2, 0) is 10.7 Å². The zero-order valence-corrected chi connectivity index (χ0v) is 8.79. The summed E-state index contributed by atoms with van der Waals surface area (Å²) in [5.74, 6) is -1.02. The van der Waals surface area contributed by atoms with E-state index < -0.39 is 22.3 Å². The maximum Gasteiger partial charge on any atom is 0.140 e. The molecule has 0 atom stereocenters. The summed E-state index contributed by atoms with van der Waals surface area (Å²) in [6, 6.07) is 3.22. The predicted octanol–water partition coefficient (Wildman–Crippen LogP) is 1.67. The van der Waals surface area contributed by atoms with Crippen LogP contribution in [0.1, 0.15) is 0 Å². The molecule has 2 nitrogen and oxygen atoms in total. The molecule has 0 unspecified atom stereocenters. The topological polar surface area (TPSA) is 34.1 Å². The van der Waals surface area contributed by atoms with Crippen molar-refractivity contribution in [1.82, 2.24) is 0 Å². The molecule has 78 valence electrons. The van der Waals surface area contributed by atoms with E-state index in [4.69, 9.17) is 0 Å². The number of thioether (sulfide) groups is 1. The molecule has 0 heterocycles. The van der Waals surface area contributed by atoms with Crippen molar-refractivity contribution in [3.8, 4) is 0 Å². The second kappa shape index (κ2) is 5.31. The Labute approximate surface area is 86.3 Å². The molecule has 0 aliphatic carbocycles. The third-order valence-electron chi connectivity index (χ3n) is 1.43. The SMILES string of the molecule is O=[SH](=O)CCSc1ccc(F)cc1F. The second-order valence-corrected chi connectivity index (χ2v) is 4.73. The Morgan fingerprint density at radius 2 is 2.00 bits per heavy atom. The third-order valence-corrected chi connectivity index (χ3v) is 3.37. The summed E-state index contributed by atoms with van der Waals surface area (Å²) < 4.78 is 45.8. The van der Waals surface area contributed by atoms with Gasteiger partial charge in [-0.05, 0) is 12.1 Å². The highest BCUT2D eigenvalue weighted by Gasteiger charge is 2.03. The van der Waals surface area contributed by atoms with Gasteiger partial charge < -0.3 is 0 Å². The van der Waals surface area contributed by atoms with Gasteiger partial charge in [-0.25, -0.2) is 17.2 Å². The summed E-state index contributed by atoms with van der Waals surface area (Å²) in [6.07, 6.45) is 0. The summed E-state index contributed by atoms with van der Waals surface area (Å²) in [5.41, 5.74) is 0. The lowest BCUT2D eigenvalue weighted by atomic mass is 10.3. The Balaban J connectivity index is 2.59. The van der Waals surface area contributed by atoms with Crippen LogP contribution in [0.25, 0.3) is 0 Å². The van der Waals surface area contributed by atoms with Crippen molar-refractivity contribution in [3.63, 3.8) is 0 Å². The minimum atomic E-state index is -2.43. The zero-order chi connectivity index (χ0) is 10.6. The summed E-state index contributed by atoms with van der Waals surface area (Å²) in [6.45, 7) is 0. The number of thiol groups is 1. The Morgan fingerprint density at radius 1 is 1.29 bits per heavy atom. The normalized spacial score (nSPS) is 10.8. The molecule has 0 aromatic heterocycles. The molecule has 0 radical (unpaired) electrons. The molecule has 0 aliphatic rings. The van der Waals surface area contributed by atoms with E-state index in [0.717, 1.165) is 23.9 Å². The van der Waals surface area contributed by atoms with Crippen LogP contribution in [-0.4, -0.2) is 19.9 Å². The third kappa shape index (κ3) is 3.63. The molecule has 1 rings (SSSR count). The van der Waals surface area contributed by atoms with Crippen LogP contribution in [0.5, 0.6) is 0 Å². The lowest BCUT2D eigenvalue weighted by Gasteiger charge is -2.00. The van der Waals surface area contributed by atoms with Gasteiger partial charge in [0.15, 0.2) is 0 Å². The lowest BCUT2D eigenvalue weighted by molar-refractivity contribution is 0.565. The summed E-state index contributed by atoms with van der Waals surface area (Å²) in [7, 11) is -2.43. The van der Waals surface area contributed by atoms with Gasteiger partial charge in [-0.3, -0.25) is 0 Å². The maximum atomic E-state index is 13.0. The molecule has 1 aromatic rings. The molecule has 0 bridgehead atoms. The standard InChI is InChI=1S/C8H8F2O2S2/c9-6-1-2-8(7(10)5-6)13-3-4-14(11)12/h1-2,5,14H,3-4H2. The Kier molecular flexibility index (Phi) is 4.34. The number of halogens is 2. The molecular formula is C8H8F2O2S2. The second-order valence-electron chi connectivity index (χ2n) is 2.48. The van der Waals surface area contributed by atoms with Gasteiger partial charge in [0.1, 0.15) is 22.3 Å². The molecule has 0 saturated carbocycles. The minimum absolute atomic E-state index is 0.00316. The first-order chi connectivity index (χ1) is 6.59. The van der Waals surface area contributed by atoms with Gasteiger partial charge in [-0.2, -0.15) is 0 Å². The van der Waals surface area contributed by atoms with E-state index in [0.29, 0.717) is 0 Å². The van der Waals surface area contributed by atoms with Gasteiger partial charge in [0.05, 0.1) is 5.75 Å². The first-order valence-electron chi connectivity index (χ1n) is 3.79. The van der Waals surface area contributed by atoms with Gasteiger partial charge in [0, 0.05) is 16.7 Å². The van der Waals surface area contributed by atoms with Gasteiger partial charge in [0.25, 0.3) is 0 Å². The van der Waals surface area contributed by atoms with E-state index in [1.54, 1.807) is 0 Å². The van der Waals surface area contributed by atoms with E-state index in [1.807, 2.05) is 0 Å². The molecule has 14 heavy (non-hydrogen) atoms. The predicted molar refractivity (Wildman–Crippen MR) is 52.3 cm³/mol. The first-order valence-corrected chi connectivity index (χ1v) is 6.14. The zero-order valence-electron chi connectivity index (χ0n) is 7.07. The Bertz CT molecular complexity index is 383. The summed E-state index contributed by atoms with van der Waals surface area (Å²) >= 11 is 1.06. The number of hydrogen-bond acceptors (Lipinski definition) is 3. The van der Waals surface area contributed by atoms with Crippen LogP contribution in [0, 0.1) is 11.6 Å². The quantitative estimate of drug-likeness (QED) is 0.640. The fraction of sp³-hybridized carbons (Fsp3) is 0.250. The Hall–Kier alpha value is -0.620. The highest BCUT2D eigenvalue weighted by Crippen LogP contribution is 2.21. The van der Waals surface area contributed by atoms with Crippen LogP contribution in [0.2, 0.25) is 0 Å². The van der Waals surface area contributed by atoms with Crippen LogP contribution in [0.15, 0.2) is 23.1 Å². The molecule has 0 spiro atoms. The van der Waals surface area contributed by atoms with Crippen molar-refractivity contribution in [2.45, 2.75) is 4.90 Å². The average molecular weight is 238 g/mol. The highest BCUT2D eigenvalue weighted by molar-refractivity contribution is 7.99. The largest absolute Gasteiger partial charge is 0.232 e. The molecule has 0 aliphatic heterocycles. The Morgan fingerprint density at radius 3 is 2.57 bits per heavy atom. The molecule has 0 N–H and O–H groups in total. The number of hydrogen-bond donors (Lipinski definition) is 1. The summed E-state index contributed by atoms with van der Waals surface area (Å²) in [4.78, 5) is 0.267. The number of rotatable bonds is 4. The molecule has 0 fully saturated rings. The van der Waals surface area contributed by atoms with E-state index in [9.17, 15) is 17.2 Å². The van der Waals surface area contributed by atoms with Crippen LogP contribution < -0.4 is 0 Å². The van der Waals surface area contributed by atoms with Crippen LogP contribution in [0.3, 0.4) is 0 Å². The molecular weight excluding hydrogens is 230 g/mol. The van der Waals surface area contributed by atoms with Gasteiger partial charge in [-0.15, -0.1) is 11.8 Å². The lowest BCUT2D eigenvalue weighted by Crippen LogP contribution is -1.92. The fourth-order valence-electron chi connectivity index (χ4n) is 0.822. The molecule has 1 aromatic carbocycles. The van der Waals surface area contributed by atoms with Crippen molar-refractivity contribution in [2.75, 3.05) is 11.5 Å². The van der Waals surface area contributed by atoms with Gasteiger partial charge >= 0.3 is 0 Å². The van der Waals surface area contributed by atoms with E-state index in [1.165, 1.54) is 6.07 Å². The van der Waals surface area contributed by atoms with Crippen molar-refractivity contribution in [3.05, 3.63) is 29.8 Å². The van der Waals surface area contributed by atoms with Gasteiger partial charge in [-0.1, -0.05) is 0 Å². The highest BCUT2D eigenvalue weighted by atomic mass is 32.2. The molecule has 0 amide bonds. The smallest absolute Gasteiger partial charge is 0.140 e. The monoisotopic (exact) mass is 238 g/mol. The van der Waals surface area contributed by atoms with E-state index in [2.05, 4.69) is 0 Å². The molecule has 0 saturated heterocycles. The summed E-state index contributed by atoms with van der Waals surface area (Å²) in [5, 5.41) is 0. The average Bonchev–Trinajstić information content (AvgIpc) is 2.08. The van der Waals surface area contributed by atoms with E-state index >= 15 is 0 Å². The number of benzene rings is 1. The van der Waals surface area contributed by atoms with Crippen molar-refractivity contribution >= 4 is 22.5 Å².